The molecule has 0 aliphatic carbocycles. The molecular weight excluding hydrogens is 630 g/mol. The van der Waals surface area contributed by atoms with Gasteiger partial charge in [-0.2, -0.15) is 9.67 Å². The van der Waals surface area contributed by atoms with Gasteiger partial charge in [0.1, 0.15) is 11.2 Å². The van der Waals surface area contributed by atoms with Crippen LogP contribution in [0.5, 0.6) is 0 Å². The number of halogens is 1. The zero-order chi connectivity index (χ0) is 33.1. The minimum Gasteiger partial charge on any atom is -0.446 e. The summed E-state index contributed by atoms with van der Waals surface area (Å²) in [6.07, 6.45) is 1.67. The van der Waals surface area contributed by atoms with Gasteiger partial charge in [-0.25, -0.2) is 18.8 Å². The zero-order valence-corrected chi connectivity index (χ0v) is 25.2. The number of amides is 2. The monoisotopic (exact) mass is 655 g/mol. The number of carbonyl (C=O) groups is 2. The van der Waals surface area contributed by atoms with Crippen molar-refractivity contribution in [3.63, 3.8) is 0 Å². The number of fused-ring (bicyclic) bond motifs is 1. The number of aromatic nitrogens is 5. The normalized spacial score (nSPS) is 11.8. The number of anilines is 2. The molecule has 2 amide bonds. The Labute approximate surface area is 269 Å². The Bertz CT molecular complexity index is 2270. The van der Waals surface area contributed by atoms with Crippen LogP contribution in [-0.4, -0.2) is 47.5 Å². The molecule has 3 aromatic carbocycles. The average Bonchev–Trinajstić information content (AvgIpc) is 3.64. The fourth-order valence-electron chi connectivity index (χ4n) is 5.25. The third-order valence-electron chi connectivity index (χ3n) is 7.37. The van der Waals surface area contributed by atoms with Gasteiger partial charge in [0.2, 0.25) is 12.1 Å². The molecule has 3 N–H and O–H groups in total. The molecule has 0 radical (unpaired) electrons. The number of furan rings is 1. The van der Waals surface area contributed by atoms with Crippen LogP contribution >= 0.6 is 11.6 Å². The number of para-hydroxylation sites is 1. The zero-order valence-electron chi connectivity index (χ0n) is 24.4. The molecule has 3 aromatic heterocycles. The summed E-state index contributed by atoms with van der Waals surface area (Å²) in [5.41, 5.74) is -1.27. The molecule has 6 rings (SSSR count). The largest absolute Gasteiger partial charge is 0.446 e. The fraction of sp³-hybridized carbons (Fsp3) is 0.125. The molecule has 0 aliphatic rings. The lowest BCUT2D eigenvalue weighted by Gasteiger charge is -2.20. The van der Waals surface area contributed by atoms with E-state index in [2.05, 4.69) is 15.6 Å². The minimum absolute atomic E-state index is 0.0313. The lowest BCUT2D eigenvalue weighted by atomic mass is 10.2. The maximum atomic E-state index is 14.4. The molecule has 15 heteroatoms. The van der Waals surface area contributed by atoms with Crippen molar-refractivity contribution < 1.29 is 19.1 Å². The van der Waals surface area contributed by atoms with E-state index in [0.717, 1.165) is 9.25 Å². The maximum absolute atomic E-state index is 14.4. The van der Waals surface area contributed by atoms with Crippen LogP contribution < -0.4 is 27.6 Å². The summed E-state index contributed by atoms with van der Waals surface area (Å²) in [6, 6.07) is 21.1. The molecule has 0 bridgehead atoms. The SMILES string of the molecule is O=CNc1ccc(Cl)c(NC(=O)C(c2nc3occc3c(=O)n2CCO)n2c(=O)n(Cc3ccccc3)n(-c3ccccc3)c2=O)c1. The highest BCUT2D eigenvalue weighted by Crippen LogP contribution is 2.27. The second kappa shape index (κ2) is 13.2. The van der Waals surface area contributed by atoms with E-state index in [9.17, 15) is 29.1 Å². The van der Waals surface area contributed by atoms with E-state index in [1.54, 1.807) is 54.6 Å². The van der Waals surface area contributed by atoms with E-state index in [1.165, 1.54) is 35.2 Å². The Hall–Kier alpha value is -5.99. The first-order valence-corrected chi connectivity index (χ1v) is 14.6. The number of benzene rings is 3. The van der Waals surface area contributed by atoms with Crippen LogP contribution in [0, 0.1) is 0 Å². The Morgan fingerprint density at radius 1 is 0.979 bits per heavy atom. The summed E-state index contributed by atoms with van der Waals surface area (Å²) in [6.45, 7) is -0.905. The van der Waals surface area contributed by atoms with Crippen LogP contribution in [0.15, 0.2) is 110 Å². The van der Waals surface area contributed by atoms with E-state index in [1.807, 2.05) is 6.07 Å². The van der Waals surface area contributed by atoms with Crippen LogP contribution in [0.25, 0.3) is 16.8 Å². The van der Waals surface area contributed by atoms with Gasteiger partial charge in [0.25, 0.3) is 11.5 Å². The van der Waals surface area contributed by atoms with E-state index in [0.29, 0.717) is 27.9 Å². The van der Waals surface area contributed by atoms with E-state index >= 15 is 0 Å². The first-order chi connectivity index (χ1) is 22.8. The van der Waals surface area contributed by atoms with Crippen molar-refractivity contribution in [2.75, 3.05) is 17.2 Å². The number of aliphatic hydroxyl groups excluding tert-OH is 1. The van der Waals surface area contributed by atoms with Gasteiger partial charge in [-0.15, -0.1) is 0 Å². The van der Waals surface area contributed by atoms with Crippen molar-refractivity contribution in [2.45, 2.75) is 19.1 Å². The molecule has 238 valence electrons. The van der Waals surface area contributed by atoms with Crippen molar-refractivity contribution in [3.8, 4) is 5.69 Å². The summed E-state index contributed by atoms with van der Waals surface area (Å²) in [5.74, 6) is -1.32. The number of hydrogen-bond donors (Lipinski definition) is 3. The van der Waals surface area contributed by atoms with E-state index in [4.69, 9.17) is 16.0 Å². The highest BCUT2D eigenvalue weighted by atomic mass is 35.5. The molecule has 6 aromatic rings. The highest BCUT2D eigenvalue weighted by Gasteiger charge is 2.35. The first-order valence-electron chi connectivity index (χ1n) is 14.3. The van der Waals surface area contributed by atoms with E-state index in [-0.39, 0.29) is 40.7 Å². The lowest BCUT2D eigenvalue weighted by Crippen LogP contribution is -2.43. The fourth-order valence-corrected chi connectivity index (χ4v) is 5.42. The van der Waals surface area contributed by atoms with Gasteiger partial charge in [0.15, 0.2) is 6.04 Å². The Morgan fingerprint density at radius 3 is 2.40 bits per heavy atom. The average molecular weight is 656 g/mol. The van der Waals surface area contributed by atoms with Crippen molar-refractivity contribution in [2.24, 2.45) is 0 Å². The molecule has 0 fully saturated rings. The molecule has 3 heterocycles. The lowest BCUT2D eigenvalue weighted by molar-refractivity contribution is -0.118. The van der Waals surface area contributed by atoms with Gasteiger partial charge in [-0.3, -0.25) is 19.0 Å². The van der Waals surface area contributed by atoms with Crippen LogP contribution in [0.3, 0.4) is 0 Å². The predicted octanol–water partition coefficient (Wildman–Crippen LogP) is 2.59. The van der Waals surface area contributed by atoms with Gasteiger partial charge in [0.05, 0.1) is 42.4 Å². The molecule has 0 aliphatic heterocycles. The third-order valence-corrected chi connectivity index (χ3v) is 7.70. The van der Waals surface area contributed by atoms with Gasteiger partial charge < -0.3 is 20.2 Å². The molecular formula is C32H26ClN7O7. The number of aliphatic hydroxyl groups is 1. The highest BCUT2D eigenvalue weighted by molar-refractivity contribution is 6.34. The van der Waals surface area contributed by atoms with Gasteiger partial charge in [-0.05, 0) is 42.0 Å². The van der Waals surface area contributed by atoms with Crippen molar-refractivity contribution in [1.29, 1.82) is 0 Å². The third kappa shape index (κ3) is 5.90. The molecule has 47 heavy (non-hydrogen) atoms. The predicted molar refractivity (Wildman–Crippen MR) is 173 cm³/mol. The summed E-state index contributed by atoms with van der Waals surface area (Å²) in [7, 11) is 0. The molecule has 0 spiro atoms. The molecule has 1 unspecified atom stereocenters. The number of nitrogens with zero attached hydrogens (tertiary/aromatic N) is 5. The topological polar surface area (TPSA) is 175 Å². The molecule has 14 nitrogen and oxygen atoms in total. The quantitative estimate of drug-likeness (QED) is 0.179. The number of rotatable bonds is 11. The summed E-state index contributed by atoms with van der Waals surface area (Å²) in [4.78, 5) is 72.2. The van der Waals surface area contributed by atoms with E-state index < -0.39 is 35.5 Å². The number of carbonyl (C=O) groups excluding carboxylic acids is 2. The van der Waals surface area contributed by atoms with Crippen LogP contribution in [0.2, 0.25) is 5.02 Å². The number of hydrogen-bond acceptors (Lipinski definition) is 8. The molecule has 0 saturated carbocycles. The Morgan fingerprint density at radius 2 is 1.70 bits per heavy atom. The Kier molecular flexibility index (Phi) is 8.69. The van der Waals surface area contributed by atoms with Crippen LogP contribution in [0.1, 0.15) is 17.4 Å². The van der Waals surface area contributed by atoms with Crippen LogP contribution in [-0.2, 0) is 22.7 Å². The first kappa shape index (κ1) is 31.0. The summed E-state index contributed by atoms with van der Waals surface area (Å²) in [5, 5.41) is 15.1. The maximum Gasteiger partial charge on any atom is 0.353 e. The minimum atomic E-state index is -1.88. The second-order valence-electron chi connectivity index (χ2n) is 10.3. The van der Waals surface area contributed by atoms with Crippen molar-refractivity contribution in [3.05, 3.63) is 139 Å². The molecule has 1 atom stereocenters. The standard InChI is InChI=1S/C32H26ClN7O7/c33-24-12-11-21(34-19-42)17-25(24)35-28(43)26(27-36-29-23(13-16-47-29)30(44)37(27)14-15-41)39-31(45)38(18-20-7-3-1-4-8-20)40(32(39)46)22-9-5-2-6-10-22/h1-13,16-17,19,26,41H,14-15,18H2,(H,34,42)(H,35,43). The van der Waals surface area contributed by atoms with Gasteiger partial charge in [-0.1, -0.05) is 60.1 Å². The smallest absolute Gasteiger partial charge is 0.353 e. The van der Waals surface area contributed by atoms with Crippen LogP contribution in [0.4, 0.5) is 11.4 Å². The van der Waals surface area contributed by atoms with Gasteiger partial charge >= 0.3 is 11.4 Å². The van der Waals surface area contributed by atoms with Crippen molar-refractivity contribution in [1.82, 2.24) is 23.5 Å². The number of nitrogens with one attached hydrogen (secondary N) is 2. The van der Waals surface area contributed by atoms with Gasteiger partial charge in [0, 0.05) is 5.69 Å². The summed E-state index contributed by atoms with van der Waals surface area (Å²) < 4.78 is 9.42. The second-order valence-corrected chi connectivity index (χ2v) is 10.7. The molecule has 0 saturated heterocycles. The Balaban J connectivity index is 1.63. The van der Waals surface area contributed by atoms with Crippen molar-refractivity contribution >= 4 is 46.4 Å². The summed E-state index contributed by atoms with van der Waals surface area (Å²) >= 11 is 6.38.